The van der Waals surface area contributed by atoms with E-state index in [1.807, 2.05) is 24.3 Å². The minimum atomic E-state index is -2.80. The first-order chi connectivity index (χ1) is 19.5. The first kappa shape index (κ1) is 29.9. The van der Waals surface area contributed by atoms with Gasteiger partial charge in [0.25, 0.3) is 0 Å². The summed E-state index contributed by atoms with van der Waals surface area (Å²) >= 11 is 0. The number of carbonyl (C=O) groups is 2. The van der Waals surface area contributed by atoms with Crippen molar-refractivity contribution in [2.45, 2.75) is 56.1 Å². The van der Waals surface area contributed by atoms with E-state index in [1.165, 1.54) is 11.0 Å². The van der Waals surface area contributed by atoms with Gasteiger partial charge in [0.1, 0.15) is 17.6 Å². The number of hydrogen-bond acceptors (Lipinski definition) is 9. The van der Waals surface area contributed by atoms with E-state index in [9.17, 15) is 40.2 Å². The van der Waals surface area contributed by atoms with Crippen molar-refractivity contribution in [2.75, 3.05) is 14.1 Å². The molecule has 8 atom stereocenters. The van der Waals surface area contributed by atoms with Gasteiger partial charge in [-0.05, 0) is 47.8 Å². The summed E-state index contributed by atoms with van der Waals surface area (Å²) in [6, 6.07) is 11.1. The molecule has 0 heterocycles. The number of benzene rings is 2. The number of phenols is 1. The molecule has 0 aromatic heterocycles. The lowest BCUT2D eigenvalue weighted by atomic mass is 9.52. The zero-order valence-electron chi connectivity index (χ0n) is 24.2. The number of fused-ring (bicyclic) bond motifs is 3. The maximum absolute atomic E-state index is 14.3. The number of amides is 1. The molecule has 3 aliphatic rings. The topological polar surface area (TPSA) is 185 Å². The molecule has 8 unspecified atom stereocenters. The van der Waals surface area contributed by atoms with Crippen LogP contribution in [-0.2, 0) is 15.0 Å². The molecular weight excluding hydrogens is 540 g/mol. The highest BCUT2D eigenvalue weighted by Crippen LogP contribution is 2.56. The number of carbonyl (C=O) groups excluding carboxylic acids is 2. The summed E-state index contributed by atoms with van der Waals surface area (Å²) < 4.78 is 0. The lowest BCUT2D eigenvalue weighted by Gasteiger charge is -2.58. The SMILES string of the molecule is CN(C)C1C(O)C(C(N)=O)C(O)C2(O)C(=O)C3=C(O)c4c(O)cccc4/C(=C\c4ccc(C(C)(C)C)cc4)C3C(O)C12. The quantitative estimate of drug-likeness (QED) is 0.281. The van der Waals surface area contributed by atoms with E-state index in [0.29, 0.717) is 11.1 Å². The zero-order valence-corrected chi connectivity index (χ0v) is 24.2. The number of ketones is 1. The number of aliphatic hydroxyl groups is 5. The Morgan fingerprint density at radius 3 is 2.17 bits per heavy atom. The minimum Gasteiger partial charge on any atom is -0.507 e. The molecule has 8 N–H and O–H groups in total. The molecule has 2 saturated carbocycles. The van der Waals surface area contributed by atoms with Gasteiger partial charge in [0.2, 0.25) is 5.91 Å². The summed E-state index contributed by atoms with van der Waals surface area (Å²) in [6.07, 6.45) is -3.70. The highest BCUT2D eigenvalue weighted by Gasteiger charge is 2.70. The molecule has 224 valence electrons. The number of nitrogens with zero attached hydrogens (tertiary/aromatic N) is 1. The molecule has 10 heteroatoms. The van der Waals surface area contributed by atoms with Crippen LogP contribution in [0.4, 0.5) is 0 Å². The second-order valence-electron chi connectivity index (χ2n) is 12.9. The van der Waals surface area contributed by atoms with Crippen molar-refractivity contribution < 1.29 is 40.2 Å². The second-order valence-corrected chi connectivity index (χ2v) is 12.9. The summed E-state index contributed by atoms with van der Waals surface area (Å²) in [5.74, 6) is -7.70. The fourth-order valence-corrected chi connectivity index (χ4v) is 7.13. The fraction of sp³-hybridized carbons (Fsp3) is 0.438. The van der Waals surface area contributed by atoms with Crippen LogP contribution in [0, 0.1) is 17.8 Å². The predicted octanol–water partition coefficient (Wildman–Crippen LogP) is 1.19. The molecule has 0 spiro atoms. The van der Waals surface area contributed by atoms with Crippen LogP contribution in [0.3, 0.4) is 0 Å². The lowest BCUT2D eigenvalue weighted by Crippen LogP contribution is -2.78. The highest BCUT2D eigenvalue weighted by atomic mass is 16.4. The average Bonchev–Trinajstić information content (AvgIpc) is 2.89. The van der Waals surface area contributed by atoms with E-state index >= 15 is 0 Å². The summed E-state index contributed by atoms with van der Waals surface area (Å²) in [4.78, 5) is 28.1. The Balaban J connectivity index is 1.78. The van der Waals surface area contributed by atoms with Crippen LogP contribution in [0.1, 0.15) is 43.0 Å². The Labute approximate surface area is 244 Å². The molecule has 0 radical (unpaired) electrons. The van der Waals surface area contributed by atoms with E-state index in [1.54, 1.807) is 32.3 Å². The highest BCUT2D eigenvalue weighted by molar-refractivity contribution is 6.14. The van der Waals surface area contributed by atoms with Crippen molar-refractivity contribution in [2.24, 2.45) is 23.5 Å². The van der Waals surface area contributed by atoms with Gasteiger partial charge in [-0.15, -0.1) is 0 Å². The molecule has 42 heavy (non-hydrogen) atoms. The third-order valence-electron chi connectivity index (χ3n) is 9.22. The van der Waals surface area contributed by atoms with Gasteiger partial charge in [-0.3, -0.25) is 9.59 Å². The van der Waals surface area contributed by atoms with E-state index < -0.39 is 70.7 Å². The number of aliphatic hydroxyl groups excluding tert-OH is 4. The average molecular weight is 579 g/mol. The number of primary amides is 1. The Hall–Kier alpha value is -3.54. The number of phenolic OH excluding ortho intramolecular Hbond substituents is 1. The van der Waals surface area contributed by atoms with E-state index in [-0.39, 0.29) is 16.7 Å². The summed E-state index contributed by atoms with van der Waals surface area (Å²) in [7, 11) is 3.09. The van der Waals surface area contributed by atoms with Gasteiger partial charge >= 0.3 is 0 Å². The monoisotopic (exact) mass is 578 g/mol. The maximum atomic E-state index is 14.3. The number of likely N-dealkylation sites (N-methyl/N-ethyl adjacent to an activating group) is 1. The third-order valence-corrected chi connectivity index (χ3v) is 9.22. The second kappa shape index (κ2) is 10.0. The third kappa shape index (κ3) is 4.20. The first-order valence-corrected chi connectivity index (χ1v) is 13.9. The molecule has 2 aromatic rings. The number of rotatable bonds is 3. The van der Waals surface area contributed by atoms with Crippen molar-refractivity contribution in [1.29, 1.82) is 0 Å². The number of hydrogen-bond donors (Lipinski definition) is 7. The van der Waals surface area contributed by atoms with Gasteiger partial charge < -0.3 is 41.3 Å². The summed E-state index contributed by atoms with van der Waals surface area (Å²) in [5, 5.41) is 68.7. The zero-order chi connectivity index (χ0) is 31.0. The van der Waals surface area contributed by atoms with Gasteiger partial charge in [-0.1, -0.05) is 63.2 Å². The first-order valence-electron chi connectivity index (χ1n) is 13.9. The van der Waals surface area contributed by atoms with E-state index in [2.05, 4.69) is 20.8 Å². The maximum Gasteiger partial charge on any atom is 0.225 e. The van der Waals surface area contributed by atoms with Crippen LogP contribution >= 0.6 is 0 Å². The van der Waals surface area contributed by atoms with Crippen LogP contribution < -0.4 is 5.73 Å². The fourth-order valence-electron chi connectivity index (χ4n) is 7.13. The summed E-state index contributed by atoms with van der Waals surface area (Å²) in [5.41, 5.74) is 4.68. The Morgan fingerprint density at radius 1 is 1.00 bits per heavy atom. The van der Waals surface area contributed by atoms with Gasteiger partial charge in [-0.2, -0.15) is 0 Å². The van der Waals surface area contributed by atoms with Crippen molar-refractivity contribution >= 4 is 29.1 Å². The standard InChI is InChI=1S/C32H38N2O8/c1-31(2,3)15-11-9-14(10-12-15)13-17-16-7-6-8-18(35)19(16)25(36)21-20(17)26(37)23-24(34(4)5)27(38)22(30(33)41)29(40)32(23,42)28(21)39/h6-13,20,22-24,26-27,29,35-38,40,42H,1-5H3,(H2,33,41)/b17-13+. The van der Waals surface area contributed by atoms with Gasteiger partial charge in [-0.25, -0.2) is 0 Å². The van der Waals surface area contributed by atoms with Crippen molar-refractivity contribution in [3.8, 4) is 5.75 Å². The minimum absolute atomic E-state index is 0.0649. The Morgan fingerprint density at radius 2 is 1.62 bits per heavy atom. The molecule has 0 aliphatic heterocycles. The Bertz CT molecular complexity index is 1510. The molecular formula is C32H38N2O8. The molecule has 5 rings (SSSR count). The molecule has 2 fully saturated rings. The summed E-state index contributed by atoms with van der Waals surface area (Å²) in [6.45, 7) is 6.26. The molecule has 3 aliphatic carbocycles. The smallest absolute Gasteiger partial charge is 0.225 e. The predicted molar refractivity (Wildman–Crippen MR) is 156 cm³/mol. The number of nitrogens with two attached hydrogens (primary N) is 1. The molecule has 0 bridgehead atoms. The Kier molecular flexibility index (Phi) is 7.15. The van der Waals surface area contributed by atoms with Crippen molar-refractivity contribution in [3.63, 3.8) is 0 Å². The molecule has 1 amide bonds. The van der Waals surface area contributed by atoms with Gasteiger partial charge in [0, 0.05) is 17.9 Å². The van der Waals surface area contributed by atoms with Crippen LogP contribution in [0.15, 0.2) is 48.0 Å². The normalized spacial score (nSPS) is 33.8. The molecule has 10 nitrogen and oxygen atoms in total. The largest absolute Gasteiger partial charge is 0.507 e. The lowest BCUT2D eigenvalue weighted by molar-refractivity contribution is -0.233. The molecule has 0 saturated heterocycles. The van der Waals surface area contributed by atoms with Crippen LogP contribution in [0.2, 0.25) is 0 Å². The molecule has 2 aromatic carbocycles. The van der Waals surface area contributed by atoms with Gasteiger partial charge in [0.15, 0.2) is 11.4 Å². The van der Waals surface area contributed by atoms with E-state index in [0.717, 1.165) is 11.1 Å². The van der Waals surface area contributed by atoms with Crippen LogP contribution in [0.5, 0.6) is 5.75 Å². The van der Waals surface area contributed by atoms with Crippen LogP contribution in [-0.4, -0.2) is 91.3 Å². The van der Waals surface area contributed by atoms with Crippen molar-refractivity contribution in [1.82, 2.24) is 4.90 Å². The number of Topliss-reactive ketones (excluding diaryl/α,β-unsaturated/α-hetero) is 1. The van der Waals surface area contributed by atoms with E-state index in [4.69, 9.17) is 5.73 Å². The van der Waals surface area contributed by atoms with Gasteiger partial charge in [0.05, 0.1) is 29.3 Å². The number of aromatic hydroxyl groups is 1. The van der Waals surface area contributed by atoms with Crippen LogP contribution in [0.25, 0.3) is 17.4 Å². The van der Waals surface area contributed by atoms with Crippen molar-refractivity contribution in [3.05, 3.63) is 70.3 Å².